The summed E-state index contributed by atoms with van der Waals surface area (Å²) in [6, 6.07) is 21.3. The van der Waals surface area contributed by atoms with Gasteiger partial charge in [0.2, 0.25) is 22.8 Å². The Kier molecular flexibility index (Phi) is 5.77. The summed E-state index contributed by atoms with van der Waals surface area (Å²) < 4.78 is 70.8. The molecule has 8 aromatic rings. The molecule has 2 aromatic carbocycles. The van der Waals surface area contributed by atoms with Crippen LogP contribution in [0.3, 0.4) is 0 Å². The number of pyridine rings is 4. The molecule has 0 bridgehead atoms. The van der Waals surface area contributed by atoms with Gasteiger partial charge in [-0.2, -0.15) is 0 Å². The third kappa shape index (κ3) is 5.24. The minimum atomic E-state index is -2.44. The number of aromatic nitrogens is 4. The zero-order valence-electron chi connectivity index (χ0n) is 34.3. The van der Waals surface area contributed by atoms with E-state index in [1.165, 1.54) is 6.92 Å². The lowest BCUT2D eigenvalue weighted by atomic mass is 9.97. The molecule has 0 N–H and O–H groups in total. The van der Waals surface area contributed by atoms with Crippen molar-refractivity contribution in [2.24, 2.45) is 14.1 Å². The standard InChI is InChI=1S/C21H21N2O.C20H19N2O/c1-13(2)15-9-11-23(4)18(12-15)19-14(3)7-8-16-17-6-5-10-22-21(17)24-20(16)19;1-12-7-8-15-16-6-5-9-21-20(16)23-19(15)18(12)17-10-13(2)14(3)11-22(17)4/h5-13H,1-4H3;5-11H,1-4H3/q2*+1/i1D3,13D;3D3. The van der Waals surface area contributed by atoms with Gasteiger partial charge in [-0.1, -0.05) is 38.0 Å². The lowest BCUT2D eigenvalue weighted by Crippen LogP contribution is -2.31. The second-order valence-electron chi connectivity index (χ2n) is 12.1. The van der Waals surface area contributed by atoms with E-state index in [-0.39, 0.29) is 0 Å². The van der Waals surface area contributed by atoms with Gasteiger partial charge < -0.3 is 8.83 Å². The number of nitrogens with zero attached hydrogens (tertiary/aromatic N) is 4. The van der Waals surface area contributed by atoms with Gasteiger partial charge in [-0.3, -0.25) is 0 Å². The van der Waals surface area contributed by atoms with Crippen molar-refractivity contribution in [3.8, 4) is 22.5 Å². The Balaban J connectivity index is 0.000000167. The molecule has 1 atom stereocenters. The van der Waals surface area contributed by atoms with Crippen molar-refractivity contribution in [2.75, 3.05) is 0 Å². The summed E-state index contributed by atoms with van der Waals surface area (Å²) in [7, 11) is 3.76. The minimum Gasteiger partial charge on any atom is -0.437 e. The second-order valence-corrected chi connectivity index (χ2v) is 12.1. The molecule has 0 amide bonds. The Morgan fingerprint density at radius 3 is 1.81 bits per heavy atom. The largest absolute Gasteiger partial charge is 0.437 e. The average molecular weight is 628 g/mol. The number of furan rings is 2. The van der Waals surface area contributed by atoms with Crippen LogP contribution in [0.1, 0.15) is 57.1 Å². The van der Waals surface area contributed by atoms with E-state index in [0.29, 0.717) is 28.1 Å². The van der Waals surface area contributed by atoms with Crippen LogP contribution in [0, 0.1) is 27.6 Å². The predicted molar refractivity (Wildman–Crippen MR) is 189 cm³/mol. The molecule has 234 valence electrons. The first kappa shape index (κ1) is 23.0. The SMILES string of the molecule is [2H]C([2H])([2H])C([2H])(C)c1cc[n+](C)c(-c2c(C)ccc3c2oc2ncccc23)c1.[2H]C([2H])([2H])c1c[n+](C)c(-c2c(C)ccc3c2oc2ncccc23)cc1C. The molecule has 0 spiro atoms. The summed E-state index contributed by atoms with van der Waals surface area (Å²) >= 11 is 0. The molecule has 0 radical (unpaired) electrons. The van der Waals surface area contributed by atoms with Gasteiger partial charge >= 0.3 is 0 Å². The fraction of sp³-hybridized carbons (Fsp3) is 0.220. The molecule has 47 heavy (non-hydrogen) atoms. The monoisotopic (exact) mass is 627 g/mol. The summed E-state index contributed by atoms with van der Waals surface area (Å²) in [6.07, 6.45) is 6.89. The Labute approximate surface area is 284 Å². The van der Waals surface area contributed by atoms with Crippen molar-refractivity contribution in [3.63, 3.8) is 0 Å². The summed E-state index contributed by atoms with van der Waals surface area (Å²) in [5.74, 6) is -1.72. The van der Waals surface area contributed by atoms with Gasteiger partial charge in [0, 0.05) is 67.3 Å². The van der Waals surface area contributed by atoms with E-state index in [4.69, 9.17) is 18.4 Å². The Morgan fingerprint density at radius 1 is 0.681 bits per heavy atom. The summed E-state index contributed by atoms with van der Waals surface area (Å²) in [5.41, 5.74) is 9.80. The van der Waals surface area contributed by atoms with Gasteiger partial charge in [-0.15, -0.1) is 0 Å². The molecule has 6 heterocycles. The highest BCUT2D eigenvalue weighted by molar-refractivity contribution is 6.09. The van der Waals surface area contributed by atoms with Gasteiger partial charge in [0.15, 0.2) is 23.6 Å². The molecule has 6 nitrogen and oxygen atoms in total. The highest BCUT2D eigenvalue weighted by Gasteiger charge is 2.23. The van der Waals surface area contributed by atoms with Crippen molar-refractivity contribution in [2.45, 2.75) is 47.3 Å². The van der Waals surface area contributed by atoms with E-state index in [2.05, 4.69) is 16.0 Å². The molecule has 0 aliphatic heterocycles. The van der Waals surface area contributed by atoms with Crippen LogP contribution in [-0.2, 0) is 14.1 Å². The molecule has 0 fully saturated rings. The van der Waals surface area contributed by atoms with Crippen molar-refractivity contribution >= 4 is 44.1 Å². The molecular weight excluding hydrogens is 580 g/mol. The molecule has 1 unspecified atom stereocenters. The number of fused-ring (bicyclic) bond motifs is 6. The second kappa shape index (κ2) is 11.8. The summed E-state index contributed by atoms with van der Waals surface area (Å²) in [5, 5.41) is 3.87. The van der Waals surface area contributed by atoms with Crippen LogP contribution >= 0.6 is 0 Å². The first-order valence-electron chi connectivity index (χ1n) is 18.9. The van der Waals surface area contributed by atoms with E-state index in [1.54, 1.807) is 36.9 Å². The van der Waals surface area contributed by atoms with Crippen molar-refractivity contribution in [1.82, 2.24) is 9.97 Å². The Hall–Kier alpha value is -5.36. The Morgan fingerprint density at radius 2 is 1.26 bits per heavy atom. The Bertz CT molecular complexity index is 2740. The summed E-state index contributed by atoms with van der Waals surface area (Å²) in [4.78, 5) is 8.64. The molecule has 6 aromatic heterocycles. The number of benzene rings is 2. The maximum absolute atomic E-state index is 8.45. The third-order valence-electron chi connectivity index (χ3n) is 8.83. The maximum Gasteiger partial charge on any atom is 0.227 e. The molecule has 0 aliphatic carbocycles. The molecule has 0 aliphatic rings. The normalized spacial score (nSPS) is 15.6. The molecule has 0 saturated carbocycles. The number of hydrogen-bond donors (Lipinski definition) is 0. The van der Waals surface area contributed by atoms with Crippen LogP contribution in [0.5, 0.6) is 0 Å². The topological polar surface area (TPSA) is 59.8 Å². The van der Waals surface area contributed by atoms with E-state index in [1.807, 2.05) is 92.5 Å². The van der Waals surface area contributed by atoms with Gasteiger partial charge in [-0.05, 0) is 80.0 Å². The van der Waals surface area contributed by atoms with Gasteiger partial charge in [0.05, 0.1) is 11.1 Å². The number of hydrogen-bond acceptors (Lipinski definition) is 4. The highest BCUT2D eigenvalue weighted by Crippen LogP contribution is 2.38. The van der Waals surface area contributed by atoms with E-state index < -0.39 is 19.6 Å². The first-order chi connectivity index (χ1) is 25.4. The lowest BCUT2D eigenvalue weighted by Gasteiger charge is -2.09. The quantitative estimate of drug-likeness (QED) is 0.183. The zero-order chi connectivity index (χ0) is 38.9. The predicted octanol–water partition coefficient (Wildman–Crippen LogP) is 9.30. The van der Waals surface area contributed by atoms with Crippen LogP contribution in [-0.4, -0.2) is 9.97 Å². The smallest absolute Gasteiger partial charge is 0.227 e. The zero-order valence-corrected chi connectivity index (χ0v) is 27.3. The van der Waals surface area contributed by atoms with Crippen molar-refractivity contribution < 1.29 is 27.6 Å². The molecular formula is C41H40N4O2+2. The summed E-state index contributed by atoms with van der Waals surface area (Å²) in [6.45, 7) is 2.71. The van der Waals surface area contributed by atoms with Crippen LogP contribution < -0.4 is 9.13 Å². The van der Waals surface area contributed by atoms with Crippen molar-refractivity contribution in [3.05, 3.63) is 119 Å². The van der Waals surface area contributed by atoms with E-state index >= 15 is 0 Å². The van der Waals surface area contributed by atoms with Crippen LogP contribution in [0.4, 0.5) is 0 Å². The fourth-order valence-corrected chi connectivity index (χ4v) is 6.23. The average Bonchev–Trinajstić information content (AvgIpc) is 3.67. The minimum absolute atomic E-state index is 0.361. The molecule has 0 saturated heterocycles. The van der Waals surface area contributed by atoms with E-state index in [0.717, 1.165) is 66.3 Å². The number of aryl methyl sites for hydroxylation is 6. The van der Waals surface area contributed by atoms with Crippen LogP contribution in [0.25, 0.3) is 66.7 Å². The van der Waals surface area contributed by atoms with E-state index in [9.17, 15) is 0 Å². The van der Waals surface area contributed by atoms with Crippen LogP contribution in [0.15, 0.2) is 100 Å². The number of rotatable bonds is 3. The van der Waals surface area contributed by atoms with Gasteiger partial charge in [0.1, 0.15) is 14.1 Å². The fourth-order valence-electron chi connectivity index (χ4n) is 6.23. The highest BCUT2D eigenvalue weighted by atomic mass is 16.3. The lowest BCUT2D eigenvalue weighted by molar-refractivity contribution is -0.660. The van der Waals surface area contributed by atoms with Gasteiger partial charge in [-0.25, -0.2) is 19.1 Å². The van der Waals surface area contributed by atoms with Crippen molar-refractivity contribution in [1.29, 1.82) is 0 Å². The van der Waals surface area contributed by atoms with Gasteiger partial charge in [0.25, 0.3) is 0 Å². The third-order valence-corrected chi connectivity index (χ3v) is 8.83. The molecule has 6 heteroatoms. The maximum atomic E-state index is 8.45. The first-order valence-corrected chi connectivity index (χ1v) is 15.4. The van der Waals surface area contributed by atoms with Crippen LogP contribution in [0.2, 0.25) is 0 Å². The molecule has 8 rings (SSSR count).